The summed E-state index contributed by atoms with van der Waals surface area (Å²) in [5.41, 5.74) is 0. The molecule has 0 saturated carbocycles. The van der Waals surface area contributed by atoms with E-state index in [4.69, 9.17) is 14.2 Å². The Bertz CT molecular complexity index is 1540. The van der Waals surface area contributed by atoms with Gasteiger partial charge in [0.1, 0.15) is 13.2 Å². The summed E-state index contributed by atoms with van der Waals surface area (Å²) in [6.45, 7) is 6.55. The van der Waals surface area contributed by atoms with Crippen LogP contribution in [0.3, 0.4) is 0 Å². The third-order valence-electron chi connectivity index (χ3n) is 14.6. The summed E-state index contributed by atoms with van der Waals surface area (Å²) < 4.78 is 16.9. The summed E-state index contributed by atoms with van der Waals surface area (Å²) in [5, 5.41) is 0. The molecule has 0 bridgehead atoms. The molecule has 0 N–H and O–H groups in total. The molecule has 0 aromatic heterocycles. The molecule has 0 aromatic carbocycles. The lowest BCUT2D eigenvalue weighted by Crippen LogP contribution is -2.30. The van der Waals surface area contributed by atoms with Crippen LogP contribution in [0.2, 0.25) is 0 Å². The van der Waals surface area contributed by atoms with E-state index in [2.05, 4.69) is 118 Å². The molecular weight excluding hydrogens is 973 g/mol. The second kappa shape index (κ2) is 66.8. The molecule has 0 radical (unpaired) electrons. The first-order chi connectivity index (χ1) is 39.0. The maximum absolute atomic E-state index is 12.9. The van der Waals surface area contributed by atoms with Gasteiger partial charge in [0.15, 0.2) is 6.10 Å². The maximum Gasteiger partial charge on any atom is 0.306 e. The minimum atomic E-state index is -0.787. The summed E-state index contributed by atoms with van der Waals surface area (Å²) in [5.74, 6) is -0.886. The quantitative estimate of drug-likeness (QED) is 0.0261. The van der Waals surface area contributed by atoms with Crippen LogP contribution in [-0.2, 0) is 28.6 Å². The van der Waals surface area contributed by atoms with Gasteiger partial charge < -0.3 is 14.2 Å². The van der Waals surface area contributed by atoms with Crippen molar-refractivity contribution in [1.82, 2.24) is 0 Å². The maximum atomic E-state index is 12.9. The molecule has 0 saturated heterocycles. The molecule has 0 aromatic rings. The first kappa shape index (κ1) is 75.3. The highest BCUT2D eigenvalue weighted by atomic mass is 16.6. The standard InChI is InChI=1S/C73H126O6/c1-4-7-10-13-16-19-22-25-28-31-32-33-34-35-36-37-38-39-40-41-42-43-46-48-51-54-57-60-63-66-72(75)78-69-70(79-73(76)67-64-61-58-55-52-49-45-30-27-24-21-18-15-12-9-6-3)68-77-71(74)65-62-59-56-53-50-47-44-29-26-23-20-17-14-11-8-5-2/h7,10,16,19,25,28,30,32-33,35-36,38-39,41-42,45,70H,4-6,8-9,11-15,17-18,20-24,26-27,29,31,34,37,40,43-44,46-69H2,1-3H3/b10-7-,19-16-,28-25-,33-32-,36-35-,39-38-,42-41-,45-30-. The highest BCUT2D eigenvalue weighted by Crippen LogP contribution is 2.17. The van der Waals surface area contributed by atoms with Crippen LogP contribution >= 0.6 is 0 Å². The summed E-state index contributed by atoms with van der Waals surface area (Å²) in [6, 6.07) is 0. The molecule has 1 unspecified atom stereocenters. The van der Waals surface area contributed by atoms with Crippen molar-refractivity contribution in [2.45, 2.75) is 335 Å². The van der Waals surface area contributed by atoms with Crippen LogP contribution in [0.5, 0.6) is 0 Å². The zero-order valence-corrected chi connectivity index (χ0v) is 52.1. The number of carbonyl (C=O) groups excluding carboxylic acids is 3. The number of rotatable bonds is 61. The topological polar surface area (TPSA) is 78.9 Å². The minimum absolute atomic E-state index is 0.0809. The molecule has 454 valence electrons. The van der Waals surface area contributed by atoms with E-state index in [1.165, 1.54) is 167 Å². The molecule has 79 heavy (non-hydrogen) atoms. The molecule has 6 nitrogen and oxygen atoms in total. The number of unbranched alkanes of at least 4 members (excludes halogenated alkanes) is 34. The van der Waals surface area contributed by atoms with Crippen molar-refractivity contribution >= 4 is 17.9 Å². The fourth-order valence-electron chi connectivity index (χ4n) is 9.54. The highest BCUT2D eigenvalue weighted by molar-refractivity contribution is 5.71. The number of carbonyl (C=O) groups is 3. The van der Waals surface area contributed by atoms with E-state index < -0.39 is 6.10 Å². The molecule has 0 heterocycles. The number of allylic oxidation sites excluding steroid dienone is 16. The van der Waals surface area contributed by atoms with E-state index in [0.717, 1.165) is 122 Å². The lowest BCUT2D eigenvalue weighted by Gasteiger charge is -2.18. The molecule has 0 aliphatic rings. The summed E-state index contributed by atoms with van der Waals surface area (Å²) in [6.07, 6.45) is 89.8. The third-order valence-corrected chi connectivity index (χ3v) is 14.6. The molecular formula is C73H126O6. The molecule has 0 spiro atoms. The van der Waals surface area contributed by atoms with E-state index in [9.17, 15) is 14.4 Å². The van der Waals surface area contributed by atoms with E-state index in [1.807, 2.05) is 0 Å². The second-order valence-corrected chi connectivity index (χ2v) is 22.4. The number of esters is 3. The fourth-order valence-corrected chi connectivity index (χ4v) is 9.54. The lowest BCUT2D eigenvalue weighted by molar-refractivity contribution is -0.167. The summed E-state index contributed by atoms with van der Waals surface area (Å²) >= 11 is 0. The number of hydrogen-bond donors (Lipinski definition) is 0. The van der Waals surface area contributed by atoms with Crippen molar-refractivity contribution in [3.05, 3.63) is 97.2 Å². The zero-order chi connectivity index (χ0) is 57.1. The normalized spacial score (nSPS) is 12.7. The molecule has 0 amide bonds. The fraction of sp³-hybridized carbons (Fsp3) is 0.740. The molecule has 0 rings (SSSR count). The van der Waals surface area contributed by atoms with Gasteiger partial charge in [-0.2, -0.15) is 0 Å². The van der Waals surface area contributed by atoms with Gasteiger partial charge in [0, 0.05) is 19.3 Å². The molecule has 0 aliphatic carbocycles. The average Bonchev–Trinajstić information content (AvgIpc) is 3.45. The second-order valence-electron chi connectivity index (χ2n) is 22.4. The van der Waals surface area contributed by atoms with Crippen molar-refractivity contribution in [2.75, 3.05) is 13.2 Å². The van der Waals surface area contributed by atoms with Crippen LogP contribution in [0.1, 0.15) is 329 Å². The van der Waals surface area contributed by atoms with Crippen molar-refractivity contribution in [1.29, 1.82) is 0 Å². The lowest BCUT2D eigenvalue weighted by atomic mass is 10.0. The Kier molecular flexibility index (Phi) is 63.7. The van der Waals surface area contributed by atoms with Gasteiger partial charge in [-0.05, 0) is 103 Å². The van der Waals surface area contributed by atoms with Gasteiger partial charge in [-0.3, -0.25) is 14.4 Å². The Morgan fingerprint density at radius 2 is 0.494 bits per heavy atom. The largest absolute Gasteiger partial charge is 0.462 e. The first-order valence-electron chi connectivity index (χ1n) is 33.7. The highest BCUT2D eigenvalue weighted by Gasteiger charge is 2.19. The molecule has 1 atom stereocenters. The SMILES string of the molecule is CC/C=C\C/C=C\C/C=C\C/C=C\C/C=C\C/C=C\C/C=C\CCCCCCCCCC(=O)OCC(COC(=O)CCCCCCCCCCCCCCCCCC)OC(=O)CCCCCCC/C=C\CCCCCCCCC. The van der Waals surface area contributed by atoms with Crippen molar-refractivity contribution < 1.29 is 28.6 Å². The monoisotopic (exact) mass is 1100 g/mol. The van der Waals surface area contributed by atoms with E-state index in [0.29, 0.717) is 19.3 Å². The number of hydrogen-bond acceptors (Lipinski definition) is 6. The van der Waals surface area contributed by atoms with Crippen LogP contribution in [0, 0.1) is 0 Å². The Labute approximate surface area is 489 Å². The predicted molar refractivity (Wildman–Crippen MR) is 344 cm³/mol. The van der Waals surface area contributed by atoms with Crippen molar-refractivity contribution in [2.24, 2.45) is 0 Å². The van der Waals surface area contributed by atoms with Crippen LogP contribution in [-0.4, -0.2) is 37.2 Å². The van der Waals surface area contributed by atoms with Crippen LogP contribution in [0.15, 0.2) is 97.2 Å². The minimum Gasteiger partial charge on any atom is -0.462 e. The first-order valence-corrected chi connectivity index (χ1v) is 33.7. The van der Waals surface area contributed by atoms with Gasteiger partial charge in [-0.15, -0.1) is 0 Å². The Morgan fingerprint density at radius 1 is 0.266 bits per heavy atom. The molecule has 0 fully saturated rings. The number of ether oxygens (including phenoxy) is 3. The Hall–Kier alpha value is -3.67. The van der Waals surface area contributed by atoms with Gasteiger partial charge in [0.05, 0.1) is 0 Å². The summed E-state index contributed by atoms with van der Waals surface area (Å²) in [4.78, 5) is 38.4. The van der Waals surface area contributed by atoms with Crippen molar-refractivity contribution in [3.63, 3.8) is 0 Å². The van der Waals surface area contributed by atoms with Gasteiger partial charge in [0.2, 0.25) is 0 Å². The van der Waals surface area contributed by atoms with Gasteiger partial charge >= 0.3 is 17.9 Å². The predicted octanol–water partition coefficient (Wildman–Crippen LogP) is 23.2. The molecule has 6 heteroatoms. The van der Waals surface area contributed by atoms with Crippen LogP contribution < -0.4 is 0 Å². The van der Waals surface area contributed by atoms with E-state index in [1.54, 1.807) is 0 Å². The zero-order valence-electron chi connectivity index (χ0n) is 52.1. The Morgan fingerprint density at radius 3 is 0.785 bits per heavy atom. The van der Waals surface area contributed by atoms with Crippen LogP contribution in [0.25, 0.3) is 0 Å². The van der Waals surface area contributed by atoms with Gasteiger partial charge in [0.25, 0.3) is 0 Å². The molecule has 0 aliphatic heterocycles. The van der Waals surface area contributed by atoms with E-state index in [-0.39, 0.29) is 31.1 Å². The van der Waals surface area contributed by atoms with Gasteiger partial charge in [-0.1, -0.05) is 304 Å². The van der Waals surface area contributed by atoms with Crippen molar-refractivity contribution in [3.8, 4) is 0 Å². The van der Waals surface area contributed by atoms with E-state index >= 15 is 0 Å². The summed E-state index contributed by atoms with van der Waals surface area (Å²) in [7, 11) is 0. The van der Waals surface area contributed by atoms with Gasteiger partial charge in [-0.25, -0.2) is 0 Å². The van der Waals surface area contributed by atoms with Crippen LogP contribution in [0.4, 0.5) is 0 Å². The third kappa shape index (κ3) is 65.0. The average molecular weight is 1100 g/mol. The smallest absolute Gasteiger partial charge is 0.306 e. The Balaban J connectivity index is 4.34.